The molecule has 0 bridgehead atoms. The molecule has 0 heterocycles. The van der Waals surface area contributed by atoms with Gasteiger partial charge in [0.05, 0.1) is 25.4 Å². The van der Waals surface area contributed by atoms with Gasteiger partial charge in [-0.15, -0.1) is 0 Å². The van der Waals surface area contributed by atoms with Gasteiger partial charge < -0.3 is 20.3 Å². The summed E-state index contributed by atoms with van der Waals surface area (Å²) < 4.78 is 5.50. The summed E-state index contributed by atoms with van der Waals surface area (Å²) in [6.45, 7) is 4.95. The molecule has 0 aromatic carbocycles. The quantitative estimate of drug-likeness (QED) is 0.0320. The van der Waals surface area contributed by atoms with Crippen molar-refractivity contribution in [2.24, 2.45) is 0 Å². The third-order valence-electron chi connectivity index (χ3n) is 19.0. The van der Waals surface area contributed by atoms with E-state index >= 15 is 0 Å². The van der Waals surface area contributed by atoms with Crippen LogP contribution in [0, 0.1) is 0 Å². The summed E-state index contributed by atoms with van der Waals surface area (Å²) >= 11 is 0. The van der Waals surface area contributed by atoms with Crippen LogP contribution in [0.3, 0.4) is 0 Å². The zero-order valence-corrected chi connectivity index (χ0v) is 59.3. The van der Waals surface area contributed by atoms with Gasteiger partial charge in [0.15, 0.2) is 0 Å². The third kappa shape index (κ3) is 73.3. The predicted octanol–water partition coefficient (Wildman–Crippen LogP) is 26.4. The Hall–Kier alpha value is -1.66. The first kappa shape index (κ1) is 85.3. The maximum absolute atomic E-state index is 12.5. The van der Waals surface area contributed by atoms with Crippen LogP contribution >= 0.6 is 0 Å². The molecule has 0 aromatic heterocycles. The Morgan fingerprint density at radius 1 is 0.310 bits per heavy atom. The summed E-state index contributed by atoms with van der Waals surface area (Å²) in [6, 6.07) is -0.624. The zero-order valence-electron chi connectivity index (χ0n) is 59.3. The minimum absolute atomic E-state index is 0.0159. The van der Waals surface area contributed by atoms with Crippen molar-refractivity contribution in [1.82, 2.24) is 5.32 Å². The second-order valence-electron chi connectivity index (χ2n) is 27.8. The number of nitrogens with one attached hydrogen (secondary N) is 1. The molecule has 6 heteroatoms. The van der Waals surface area contributed by atoms with Crippen LogP contribution in [0.5, 0.6) is 0 Å². The average Bonchev–Trinajstić information content (AvgIpc) is 3.53. The van der Waals surface area contributed by atoms with Crippen LogP contribution in [0.15, 0.2) is 24.3 Å². The summed E-state index contributed by atoms with van der Waals surface area (Å²) in [6.07, 6.45) is 98.8. The second-order valence-corrected chi connectivity index (χ2v) is 27.8. The largest absolute Gasteiger partial charge is 0.466 e. The topological polar surface area (TPSA) is 95.9 Å². The molecule has 0 rings (SSSR count). The molecule has 0 fully saturated rings. The Kier molecular flexibility index (Phi) is 75.3. The summed E-state index contributed by atoms with van der Waals surface area (Å²) in [7, 11) is 0. The number of carbonyl (C=O) groups excluding carboxylic acids is 2. The number of hydrogen-bond acceptors (Lipinski definition) is 5. The highest BCUT2D eigenvalue weighted by Crippen LogP contribution is 2.20. The van der Waals surface area contributed by atoms with Gasteiger partial charge >= 0.3 is 5.97 Å². The van der Waals surface area contributed by atoms with Crippen molar-refractivity contribution in [2.75, 3.05) is 13.2 Å². The SMILES string of the molecule is CCCCCCCCC/C=C\CCCCCCCC(=O)OCCCCCCCCCCCCCCCCCCCCCCCCCCCCCCCCCCCCCC(=O)NC(CO)C(O)/C=C/CCCCCCCCCCCCCCCCCCC. The number of amides is 1. The van der Waals surface area contributed by atoms with Gasteiger partial charge in [0.1, 0.15) is 0 Å². The van der Waals surface area contributed by atoms with Crippen LogP contribution in [-0.4, -0.2) is 47.4 Å². The van der Waals surface area contributed by atoms with Crippen LogP contribution in [-0.2, 0) is 14.3 Å². The highest BCUT2D eigenvalue weighted by Gasteiger charge is 2.18. The van der Waals surface area contributed by atoms with Gasteiger partial charge in [0, 0.05) is 12.8 Å². The minimum Gasteiger partial charge on any atom is -0.466 e. The van der Waals surface area contributed by atoms with E-state index < -0.39 is 12.1 Å². The molecular weight excluding hydrogens is 1070 g/mol. The number of allylic oxidation sites excluding steroid dienone is 3. The molecule has 2 unspecified atom stereocenters. The number of esters is 1. The number of unbranched alkanes of at least 4 members (excludes halogenated alkanes) is 63. The molecule has 0 saturated carbocycles. The number of aliphatic hydroxyl groups is 2. The summed E-state index contributed by atoms with van der Waals surface area (Å²) in [4.78, 5) is 24.6. The van der Waals surface area contributed by atoms with Gasteiger partial charge in [-0.2, -0.15) is 0 Å². The van der Waals surface area contributed by atoms with Crippen molar-refractivity contribution in [1.29, 1.82) is 0 Å². The molecule has 6 nitrogen and oxygen atoms in total. The average molecular weight is 1230 g/mol. The number of rotatable bonds is 76. The lowest BCUT2D eigenvalue weighted by Gasteiger charge is -2.20. The maximum atomic E-state index is 12.5. The van der Waals surface area contributed by atoms with Crippen LogP contribution in [0.4, 0.5) is 0 Å². The highest BCUT2D eigenvalue weighted by molar-refractivity contribution is 5.76. The van der Waals surface area contributed by atoms with Crippen LogP contribution < -0.4 is 5.32 Å². The highest BCUT2D eigenvalue weighted by atomic mass is 16.5. The van der Waals surface area contributed by atoms with Crippen molar-refractivity contribution in [3.8, 4) is 0 Å². The fourth-order valence-corrected chi connectivity index (χ4v) is 12.9. The molecule has 3 N–H and O–H groups in total. The lowest BCUT2D eigenvalue weighted by Crippen LogP contribution is -2.45. The minimum atomic E-state index is -0.841. The molecule has 516 valence electrons. The van der Waals surface area contributed by atoms with E-state index in [1.807, 2.05) is 6.08 Å². The van der Waals surface area contributed by atoms with E-state index in [4.69, 9.17) is 4.74 Å². The number of hydrogen-bond donors (Lipinski definition) is 3. The maximum Gasteiger partial charge on any atom is 0.305 e. The fraction of sp³-hybridized carbons (Fsp3) is 0.926. The Labute approximate surface area is 545 Å². The van der Waals surface area contributed by atoms with E-state index in [2.05, 4.69) is 31.3 Å². The molecule has 0 aromatic rings. The number of ether oxygens (including phenoxy) is 1. The lowest BCUT2D eigenvalue weighted by atomic mass is 10.0. The van der Waals surface area contributed by atoms with Gasteiger partial charge in [-0.05, 0) is 57.8 Å². The number of aliphatic hydroxyl groups excluding tert-OH is 2. The predicted molar refractivity (Wildman–Crippen MR) is 384 cm³/mol. The zero-order chi connectivity index (χ0) is 62.8. The molecule has 0 aliphatic heterocycles. The Balaban J connectivity index is 3.32. The Bertz CT molecular complexity index is 1360. The molecule has 0 saturated heterocycles. The summed E-state index contributed by atoms with van der Waals surface area (Å²) in [5.74, 6) is -0.0423. The summed E-state index contributed by atoms with van der Waals surface area (Å²) in [5.41, 5.74) is 0. The van der Waals surface area contributed by atoms with Crippen molar-refractivity contribution >= 4 is 11.9 Å². The van der Waals surface area contributed by atoms with E-state index in [1.54, 1.807) is 6.08 Å². The van der Waals surface area contributed by atoms with E-state index in [0.29, 0.717) is 19.4 Å². The van der Waals surface area contributed by atoms with Gasteiger partial charge in [-0.3, -0.25) is 9.59 Å². The standard InChI is InChI=1S/C81H157NO5/c1-3-5-7-9-11-13-15-17-19-21-39-42-45-49-53-57-61-65-69-73-79(84)78(77-83)82-80(85)74-70-66-62-58-54-50-46-43-40-37-35-33-31-29-27-25-23-22-24-26-28-30-32-34-36-38-41-44-48-52-56-60-64-68-72-76-87-81(86)75-71-67-63-59-55-51-47-20-18-16-14-12-10-8-6-4-2/h20,47,69,73,78-79,83-84H,3-19,21-46,48-68,70-72,74-77H2,1-2H3,(H,82,85)/b47-20-,73-69+. The van der Waals surface area contributed by atoms with Gasteiger partial charge in [0.2, 0.25) is 5.91 Å². The molecule has 2 atom stereocenters. The van der Waals surface area contributed by atoms with Gasteiger partial charge in [-0.25, -0.2) is 0 Å². The molecule has 0 aliphatic carbocycles. The molecule has 1 amide bonds. The van der Waals surface area contributed by atoms with Crippen LogP contribution in [0.2, 0.25) is 0 Å². The fourth-order valence-electron chi connectivity index (χ4n) is 12.9. The summed E-state index contributed by atoms with van der Waals surface area (Å²) in [5, 5.41) is 23.3. The van der Waals surface area contributed by atoms with Crippen molar-refractivity contribution < 1.29 is 24.5 Å². The smallest absolute Gasteiger partial charge is 0.305 e. The van der Waals surface area contributed by atoms with Gasteiger partial charge in [0.25, 0.3) is 0 Å². The molecular formula is C81H157NO5. The van der Waals surface area contributed by atoms with Crippen molar-refractivity contribution in [3.05, 3.63) is 24.3 Å². The molecule has 0 spiro atoms. The first-order chi connectivity index (χ1) is 43.0. The first-order valence-corrected chi connectivity index (χ1v) is 40.1. The van der Waals surface area contributed by atoms with E-state index in [1.165, 1.54) is 385 Å². The second kappa shape index (κ2) is 76.8. The van der Waals surface area contributed by atoms with E-state index in [0.717, 1.165) is 44.9 Å². The first-order valence-electron chi connectivity index (χ1n) is 40.1. The van der Waals surface area contributed by atoms with Gasteiger partial charge in [-0.1, -0.05) is 411 Å². The third-order valence-corrected chi connectivity index (χ3v) is 19.0. The Morgan fingerprint density at radius 3 is 0.816 bits per heavy atom. The normalized spacial score (nSPS) is 12.6. The van der Waals surface area contributed by atoms with Crippen LogP contribution in [0.25, 0.3) is 0 Å². The van der Waals surface area contributed by atoms with E-state index in [-0.39, 0.29) is 18.5 Å². The van der Waals surface area contributed by atoms with E-state index in [9.17, 15) is 19.8 Å². The molecule has 87 heavy (non-hydrogen) atoms. The molecule has 0 aliphatic rings. The van der Waals surface area contributed by atoms with Crippen molar-refractivity contribution in [2.45, 2.75) is 469 Å². The van der Waals surface area contributed by atoms with Crippen molar-refractivity contribution in [3.63, 3.8) is 0 Å². The Morgan fingerprint density at radius 2 is 0.540 bits per heavy atom. The van der Waals surface area contributed by atoms with Crippen LogP contribution in [0.1, 0.15) is 457 Å². The number of carbonyl (C=O) groups is 2. The lowest BCUT2D eigenvalue weighted by molar-refractivity contribution is -0.143. The molecule has 0 radical (unpaired) electrons. The monoisotopic (exact) mass is 1220 g/mol.